The van der Waals surface area contributed by atoms with Gasteiger partial charge in [0.2, 0.25) is 11.7 Å². The molecule has 182 valence electrons. The fraction of sp³-hybridized carbons (Fsp3) is 0.464. The molecule has 35 heavy (non-hydrogen) atoms. The number of hydrogen-bond donors (Lipinski definition) is 0. The number of rotatable bonds is 6. The molecule has 1 unspecified atom stereocenters. The van der Waals surface area contributed by atoms with E-state index in [9.17, 15) is 4.79 Å². The molecule has 0 N–H and O–H groups in total. The number of amides is 1. The Morgan fingerprint density at radius 2 is 2.00 bits per heavy atom. The number of ether oxygens (including phenoxy) is 1. The lowest BCUT2D eigenvalue weighted by Crippen LogP contribution is -2.57. The average molecular weight is 473 g/mol. The summed E-state index contributed by atoms with van der Waals surface area (Å²) in [6.07, 6.45) is 3.33. The van der Waals surface area contributed by atoms with Gasteiger partial charge in [0.1, 0.15) is 5.75 Å². The fourth-order valence-electron chi connectivity index (χ4n) is 5.56. The van der Waals surface area contributed by atoms with E-state index in [0.29, 0.717) is 23.7 Å². The molecule has 1 amide bonds. The quantitative estimate of drug-likeness (QED) is 0.520. The number of hydrogen-bond acceptors (Lipinski definition) is 6. The van der Waals surface area contributed by atoms with Crippen LogP contribution in [0.4, 0.5) is 0 Å². The van der Waals surface area contributed by atoms with Crippen LogP contribution in [0, 0.1) is 12.8 Å². The van der Waals surface area contributed by atoms with Gasteiger partial charge in [0.15, 0.2) is 0 Å². The Hall–Kier alpha value is -3.19. The van der Waals surface area contributed by atoms with Crippen LogP contribution in [0.15, 0.2) is 40.9 Å². The molecule has 3 aliphatic rings. The normalized spacial score (nSPS) is 20.0. The molecular weight excluding hydrogens is 440 g/mol. The summed E-state index contributed by atoms with van der Waals surface area (Å²) >= 11 is 0. The van der Waals surface area contributed by atoms with Gasteiger partial charge in [-0.1, -0.05) is 23.4 Å². The van der Waals surface area contributed by atoms with Gasteiger partial charge in [-0.25, -0.2) is 0 Å². The second-order valence-electron chi connectivity index (χ2n) is 10.3. The summed E-state index contributed by atoms with van der Waals surface area (Å²) in [6.45, 7) is 9.68. The summed E-state index contributed by atoms with van der Waals surface area (Å²) in [5.74, 6) is 2.53. The van der Waals surface area contributed by atoms with Gasteiger partial charge in [0.25, 0.3) is 5.89 Å². The Balaban J connectivity index is 1.19. The highest BCUT2D eigenvalue weighted by atomic mass is 16.5. The van der Waals surface area contributed by atoms with Crippen LogP contribution < -0.4 is 4.74 Å². The van der Waals surface area contributed by atoms with Crippen molar-refractivity contribution >= 4 is 5.91 Å². The first kappa shape index (κ1) is 22.3. The first-order chi connectivity index (χ1) is 17.0. The molecule has 2 aromatic carbocycles. The van der Waals surface area contributed by atoms with Gasteiger partial charge in [0, 0.05) is 43.3 Å². The van der Waals surface area contributed by atoms with Crippen molar-refractivity contribution < 1.29 is 14.1 Å². The minimum absolute atomic E-state index is 0.127. The Morgan fingerprint density at radius 3 is 2.71 bits per heavy atom. The molecule has 0 radical (unpaired) electrons. The molecule has 1 atom stereocenters. The van der Waals surface area contributed by atoms with Crippen molar-refractivity contribution in [3.05, 3.63) is 53.1 Å². The van der Waals surface area contributed by atoms with Crippen molar-refractivity contribution in [2.24, 2.45) is 5.92 Å². The summed E-state index contributed by atoms with van der Waals surface area (Å²) in [5, 5.41) is 4.33. The van der Waals surface area contributed by atoms with Gasteiger partial charge in [-0.05, 0) is 74.9 Å². The zero-order valence-corrected chi connectivity index (χ0v) is 20.7. The monoisotopic (exact) mass is 472 g/mol. The fourth-order valence-corrected chi connectivity index (χ4v) is 5.56. The third kappa shape index (κ3) is 4.01. The van der Waals surface area contributed by atoms with Crippen molar-refractivity contribution in [1.82, 2.24) is 19.9 Å². The molecule has 0 saturated carbocycles. The predicted molar refractivity (Wildman–Crippen MR) is 133 cm³/mol. The lowest BCUT2D eigenvalue weighted by molar-refractivity contribution is -0.145. The molecule has 2 aliphatic heterocycles. The van der Waals surface area contributed by atoms with E-state index in [-0.39, 0.29) is 12.0 Å². The largest absolute Gasteiger partial charge is 0.491 e. The van der Waals surface area contributed by atoms with Crippen LogP contribution in [0.1, 0.15) is 49.4 Å². The zero-order chi connectivity index (χ0) is 24.1. The van der Waals surface area contributed by atoms with Gasteiger partial charge in [-0.15, -0.1) is 0 Å². The minimum Gasteiger partial charge on any atom is -0.491 e. The van der Waals surface area contributed by atoms with Crippen molar-refractivity contribution in [3.8, 4) is 28.6 Å². The van der Waals surface area contributed by atoms with Crippen molar-refractivity contribution in [2.75, 3.05) is 26.2 Å². The second kappa shape index (κ2) is 8.79. The molecule has 6 rings (SSSR count). The van der Waals surface area contributed by atoms with Crippen LogP contribution in [0.25, 0.3) is 22.8 Å². The standard InChI is InChI=1S/C28H32N4O3/c1-17(2)34-25-11-8-19(14-18(25)3)27-29-26(30-35-27)23-7-4-6-22-21(23)9-10-24(22)32-15-20(16-32)28(33)31-12-5-13-31/h4,6-8,11,14,17,20,24H,5,9-10,12-13,15-16H2,1-3H3. The molecule has 3 aromatic rings. The first-order valence-corrected chi connectivity index (χ1v) is 12.7. The van der Waals surface area contributed by atoms with Crippen molar-refractivity contribution in [3.63, 3.8) is 0 Å². The number of likely N-dealkylation sites (tertiary alicyclic amines) is 2. The highest BCUT2D eigenvalue weighted by molar-refractivity contribution is 5.81. The van der Waals surface area contributed by atoms with Crippen molar-refractivity contribution in [1.29, 1.82) is 0 Å². The van der Waals surface area contributed by atoms with E-state index in [2.05, 4.69) is 28.3 Å². The van der Waals surface area contributed by atoms with Crippen LogP contribution in [0.2, 0.25) is 0 Å². The van der Waals surface area contributed by atoms with Crippen LogP contribution in [0.3, 0.4) is 0 Å². The van der Waals surface area contributed by atoms with E-state index in [4.69, 9.17) is 14.2 Å². The molecule has 1 aromatic heterocycles. The van der Waals surface area contributed by atoms with E-state index in [1.807, 2.05) is 43.9 Å². The second-order valence-corrected chi connectivity index (χ2v) is 10.3. The predicted octanol–water partition coefficient (Wildman–Crippen LogP) is 4.65. The van der Waals surface area contributed by atoms with Gasteiger partial charge < -0.3 is 14.2 Å². The van der Waals surface area contributed by atoms with Gasteiger partial charge in [-0.2, -0.15) is 4.98 Å². The van der Waals surface area contributed by atoms with Crippen molar-refractivity contribution in [2.45, 2.75) is 52.2 Å². The van der Waals surface area contributed by atoms with E-state index < -0.39 is 0 Å². The van der Waals surface area contributed by atoms with E-state index in [1.54, 1.807) is 0 Å². The average Bonchev–Trinajstić information content (AvgIpc) is 3.40. The third-order valence-electron chi connectivity index (χ3n) is 7.56. The summed E-state index contributed by atoms with van der Waals surface area (Å²) < 4.78 is 11.5. The topological polar surface area (TPSA) is 71.7 Å². The maximum atomic E-state index is 12.5. The molecule has 7 heteroatoms. The maximum Gasteiger partial charge on any atom is 0.258 e. The summed E-state index contributed by atoms with van der Waals surface area (Å²) in [7, 11) is 0. The highest BCUT2D eigenvalue weighted by Crippen LogP contribution is 2.43. The SMILES string of the molecule is Cc1cc(-c2nc(-c3cccc4c3CCC4N3CC(C(=O)N4CCC4)C3)no2)ccc1OC(C)C. The van der Waals surface area contributed by atoms with Crippen LogP contribution in [-0.4, -0.2) is 58.1 Å². The lowest BCUT2D eigenvalue weighted by Gasteiger charge is -2.45. The number of benzene rings is 2. The summed E-state index contributed by atoms with van der Waals surface area (Å²) in [6, 6.07) is 12.7. The number of fused-ring (bicyclic) bond motifs is 1. The van der Waals surface area contributed by atoms with Crippen LogP contribution in [0.5, 0.6) is 5.75 Å². The zero-order valence-electron chi connectivity index (χ0n) is 20.7. The van der Waals surface area contributed by atoms with Gasteiger partial charge in [0.05, 0.1) is 12.0 Å². The summed E-state index contributed by atoms with van der Waals surface area (Å²) in [5.41, 5.74) is 5.63. The Kier molecular flexibility index (Phi) is 5.60. The molecule has 7 nitrogen and oxygen atoms in total. The molecule has 1 aliphatic carbocycles. The maximum absolute atomic E-state index is 12.5. The number of aromatic nitrogens is 2. The molecular formula is C28H32N4O3. The van der Waals surface area contributed by atoms with E-state index >= 15 is 0 Å². The lowest BCUT2D eigenvalue weighted by atomic mass is 9.92. The minimum atomic E-state index is 0.127. The number of carbonyl (C=O) groups excluding carboxylic acids is 1. The molecule has 0 bridgehead atoms. The van der Waals surface area contributed by atoms with Crippen LogP contribution in [-0.2, 0) is 11.2 Å². The van der Waals surface area contributed by atoms with Crippen LogP contribution >= 0.6 is 0 Å². The van der Waals surface area contributed by atoms with Gasteiger partial charge in [-0.3, -0.25) is 9.69 Å². The van der Waals surface area contributed by atoms with Gasteiger partial charge >= 0.3 is 0 Å². The Morgan fingerprint density at radius 1 is 1.17 bits per heavy atom. The number of nitrogens with zero attached hydrogens (tertiary/aromatic N) is 4. The highest BCUT2D eigenvalue weighted by Gasteiger charge is 2.42. The number of carbonyl (C=O) groups is 1. The first-order valence-electron chi connectivity index (χ1n) is 12.7. The van der Waals surface area contributed by atoms with E-state index in [1.165, 1.54) is 11.1 Å². The third-order valence-corrected chi connectivity index (χ3v) is 7.56. The smallest absolute Gasteiger partial charge is 0.258 e. The number of aryl methyl sites for hydroxylation is 1. The van der Waals surface area contributed by atoms with E-state index in [0.717, 1.165) is 67.9 Å². The summed E-state index contributed by atoms with van der Waals surface area (Å²) in [4.78, 5) is 21.7. The Bertz CT molecular complexity index is 1260. The molecule has 3 heterocycles. The Labute approximate surface area is 206 Å². The molecule has 2 saturated heterocycles. The molecule has 2 fully saturated rings. The molecule has 0 spiro atoms.